The largest absolute Gasteiger partial charge is 0.331 e. The Morgan fingerprint density at radius 2 is 2.00 bits per heavy atom. The zero-order valence-corrected chi connectivity index (χ0v) is 12.4. The van der Waals surface area contributed by atoms with Crippen LogP contribution >= 0.6 is 23.6 Å². The molecule has 0 atom stereocenters. The summed E-state index contributed by atoms with van der Waals surface area (Å²) in [6.45, 7) is 4.10. The van der Waals surface area contributed by atoms with Crippen molar-refractivity contribution in [3.8, 4) is 0 Å². The van der Waals surface area contributed by atoms with Crippen LogP contribution in [0.1, 0.15) is 16.7 Å². The van der Waals surface area contributed by atoms with E-state index in [1.54, 1.807) is 17.6 Å². The van der Waals surface area contributed by atoms with Gasteiger partial charge in [0, 0.05) is 11.3 Å². The van der Waals surface area contributed by atoms with Gasteiger partial charge in [-0.3, -0.25) is 5.43 Å². The zero-order valence-electron chi connectivity index (χ0n) is 10.8. The minimum atomic E-state index is 0.490. The molecule has 1 heterocycles. The minimum absolute atomic E-state index is 0.490. The Labute approximate surface area is 122 Å². The van der Waals surface area contributed by atoms with Crippen molar-refractivity contribution in [2.24, 2.45) is 5.10 Å². The van der Waals surface area contributed by atoms with Crippen LogP contribution in [0.5, 0.6) is 0 Å². The van der Waals surface area contributed by atoms with Crippen LogP contribution in [0.25, 0.3) is 0 Å². The highest BCUT2D eigenvalue weighted by Crippen LogP contribution is 2.19. The average molecular weight is 289 g/mol. The Bertz CT molecular complexity index is 568. The van der Waals surface area contributed by atoms with Crippen molar-refractivity contribution in [1.82, 2.24) is 5.43 Å². The lowest BCUT2D eigenvalue weighted by Gasteiger charge is -2.12. The second-order valence-corrected chi connectivity index (χ2v) is 5.34. The summed E-state index contributed by atoms with van der Waals surface area (Å²) in [6, 6.07) is 8.12. The van der Waals surface area contributed by atoms with E-state index in [9.17, 15) is 0 Å². The number of nitrogens with zero attached hydrogens (tertiary/aromatic N) is 1. The third kappa shape index (κ3) is 3.87. The van der Waals surface area contributed by atoms with Gasteiger partial charge in [-0.2, -0.15) is 16.4 Å². The molecule has 0 radical (unpaired) electrons. The molecule has 1 aromatic heterocycles. The molecule has 0 unspecified atom stereocenters. The highest BCUT2D eigenvalue weighted by molar-refractivity contribution is 7.80. The fourth-order valence-corrected chi connectivity index (χ4v) is 2.43. The number of para-hydroxylation sites is 1. The van der Waals surface area contributed by atoms with Gasteiger partial charge in [0.15, 0.2) is 5.11 Å². The Kier molecular flexibility index (Phi) is 4.65. The fourth-order valence-electron chi connectivity index (χ4n) is 1.67. The molecule has 1 aromatic carbocycles. The zero-order chi connectivity index (χ0) is 13.7. The molecular weight excluding hydrogens is 274 g/mol. The molecule has 2 rings (SSSR count). The van der Waals surface area contributed by atoms with Gasteiger partial charge in [-0.05, 0) is 54.0 Å². The highest BCUT2D eigenvalue weighted by atomic mass is 32.1. The van der Waals surface area contributed by atoms with E-state index >= 15 is 0 Å². The van der Waals surface area contributed by atoms with Crippen LogP contribution in [0.15, 0.2) is 40.1 Å². The van der Waals surface area contributed by atoms with Gasteiger partial charge in [0.2, 0.25) is 0 Å². The molecule has 0 aliphatic heterocycles. The number of hydrazone groups is 1. The van der Waals surface area contributed by atoms with E-state index in [0.717, 1.165) is 22.4 Å². The van der Waals surface area contributed by atoms with Crippen molar-refractivity contribution >= 4 is 40.6 Å². The van der Waals surface area contributed by atoms with E-state index in [4.69, 9.17) is 12.2 Å². The summed E-state index contributed by atoms with van der Waals surface area (Å²) in [5.41, 5.74) is 7.23. The standard InChI is InChI=1S/C14H15N3S2/c1-10-4-3-5-11(2)13(10)16-14(18)17-15-8-12-6-7-19-9-12/h3-9H,1-2H3,(H2,16,17,18)/b15-8+. The van der Waals surface area contributed by atoms with Crippen LogP contribution in [-0.2, 0) is 0 Å². The molecule has 0 bridgehead atoms. The van der Waals surface area contributed by atoms with Gasteiger partial charge in [0.25, 0.3) is 0 Å². The molecule has 3 nitrogen and oxygen atoms in total. The van der Waals surface area contributed by atoms with E-state index in [0.29, 0.717) is 5.11 Å². The number of thiophene rings is 1. The van der Waals surface area contributed by atoms with Crippen molar-refractivity contribution < 1.29 is 0 Å². The first-order valence-corrected chi connectivity index (χ1v) is 7.20. The maximum absolute atomic E-state index is 5.22. The molecule has 0 amide bonds. The average Bonchev–Trinajstić information content (AvgIpc) is 2.87. The SMILES string of the molecule is Cc1cccc(C)c1NC(=S)N/N=C/c1ccsc1. The summed E-state index contributed by atoms with van der Waals surface area (Å²) in [5.74, 6) is 0. The molecule has 19 heavy (non-hydrogen) atoms. The van der Waals surface area contributed by atoms with Crippen LogP contribution in [0.2, 0.25) is 0 Å². The normalized spacial score (nSPS) is 10.6. The maximum Gasteiger partial charge on any atom is 0.191 e. The van der Waals surface area contributed by atoms with E-state index in [-0.39, 0.29) is 0 Å². The molecule has 0 saturated carbocycles. The number of aryl methyl sites for hydroxylation is 2. The maximum atomic E-state index is 5.22. The van der Waals surface area contributed by atoms with Crippen LogP contribution in [0.4, 0.5) is 5.69 Å². The Morgan fingerprint density at radius 3 is 2.63 bits per heavy atom. The molecule has 5 heteroatoms. The van der Waals surface area contributed by atoms with Crippen LogP contribution in [-0.4, -0.2) is 11.3 Å². The van der Waals surface area contributed by atoms with Gasteiger partial charge in [-0.25, -0.2) is 0 Å². The van der Waals surface area contributed by atoms with Gasteiger partial charge < -0.3 is 5.32 Å². The van der Waals surface area contributed by atoms with Crippen molar-refractivity contribution in [2.75, 3.05) is 5.32 Å². The first-order valence-electron chi connectivity index (χ1n) is 5.85. The summed E-state index contributed by atoms with van der Waals surface area (Å²) in [6.07, 6.45) is 1.75. The predicted molar refractivity (Wildman–Crippen MR) is 87.2 cm³/mol. The second kappa shape index (κ2) is 6.45. The van der Waals surface area contributed by atoms with E-state index in [1.807, 2.05) is 48.9 Å². The van der Waals surface area contributed by atoms with Crippen molar-refractivity contribution in [2.45, 2.75) is 13.8 Å². The van der Waals surface area contributed by atoms with Gasteiger partial charge in [0.05, 0.1) is 6.21 Å². The minimum Gasteiger partial charge on any atom is -0.331 e. The molecule has 0 aliphatic rings. The molecule has 2 aromatic rings. The molecule has 0 saturated heterocycles. The first-order chi connectivity index (χ1) is 9.16. The monoisotopic (exact) mass is 289 g/mol. The second-order valence-electron chi connectivity index (χ2n) is 4.15. The number of benzene rings is 1. The Morgan fingerprint density at radius 1 is 1.26 bits per heavy atom. The molecule has 98 valence electrons. The summed E-state index contributed by atoms with van der Waals surface area (Å²) in [7, 11) is 0. The molecule has 0 spiro atoms. The van der Waals surface area contributed by atoms with E-state index in [2.05, 4.69) is 15.8 Å². The van der Waals surface area contributed by atoms with Gasteiger partial charge in [0.1, 0.15) is 0 Å². The first kappa shape index (κ1) is 13.7. The lowest BCUT2D eigenvalue weighted by Crippen LogP contribution is -2.24. The topological polar surface area (TPSA) is 36.4 Å². The van der Waals surface area contributed by atoms with E-state index in [1.165, 1.54) is 0 Å². The number of hydrogen-bond acceptors (Lipinski definition) is 3. The van der Waals surface area contributed by atoms with Crippen molar-refractivity contribution in [1.29, 1.82) is 0 Å². The molecule has 2 N–H and O–H groups in total. The number of rotatable bonds is 3. The summed E-state index contributed by atoms with van der Waals surface area (Å²) in [4.78, 5) is 0. The van der Waals surface area contributed by atoms with Gasteiger partial charge in [-0.15, -0.1) is 0 Å². The number of nitrogens with one attached hydrogen (secondary N) is 2. The lowest BCUT2D eigenvalue weighted by molar-refractivity contribution is 1.05. The third-order valence-corrected chi connectivity index (χ3v) is 3.54. The smallest absolute Gasteiger partial charge is 0.191 e. The van der Waals surface area contributed by atoms with Crippen molar-refractivity contribution in [3.63, 3.8) is 0 Å². The Balaban J connectivity index is 1.95. The predicted octanol–water partition coefficient (Wildman–Crippen LogP) is 3.69. The lowest BCUT2D eigenvalue weighted by atomic mass is 10.1. The fraction of sp³-hybridized carbons (Fsp3) is 0.143. The third-order valence-electron chi connectivity index (χ3n) is 2.64. The van der Waals surface area contributed by atoms with E-state index < -0.39 is 0 Å². The molecule has 0 aliphatic carbocycles. The molecule has 0 fully saturated rings. The summed E-state index contributed by atoms with van der Waals surface area (Å²) in [5, 5.41) is 11.8. The molecular formula is C14H15N3S2. The van der Waals surface area contributed by atoms with Crippen LogP contribution < -0.4 is 10.7 Å². The Hall–Kier alpha value is -1.72. The number of hydrogen-bond donors (Lipinski definition) is 2. The number of anilines is 1. The van der Waals surface area contributed by atoms with Crippen LogP contribution in [0.3, 0.4) is 0 Å². The highest BCUT2D eigenvalue weighted by Gasteiger charge is 2.03. The summed E-state index contributed by atoms with van der Waals surface area (Å²) < 4.78 is 0. The quantitative estimate of drug-likeness (QED) is 0.514. The van der Waals surface area contributed by atoms with Crippen molar-refractivity contribution in [3.05, 3.63) is 51.7 Å². The summed E-state index contributed by atoms with van der Waals surface area (Å²) >= 11 is 6.85. The van der Waals surface area contributed by atoms with Gasteiger partial charge >= 0.3 is 0 Å². The van der Waals surface area contributed by atoms with Crippen LogP contribution in [0, 0.1) is 13.8 Å². The van der Waals surface area contributed by atoms with Gasteiger partial charge in [-0.1, -0.05) is 18.2 Å². The number of thiocarbonyl (C=S) groups is 1.